The molecule has 2 heterocycles. The first-order chi connectivity index (χ1) is 12.7. The van der Waals surface area contributed by atoms with Crippen LogP contribution in [0.1, 0.15) is 34.2 Å². The molecule has 0 amide bonds. The Labute approximate surface area is 158 Å². The lowest BCUT2D eigenvalue weighted by Gasteiger charge is -2.20. The number of aryl methyl sites for hydroxylation is 1. The van der Waals surface area contributed by atoms with Crippen molar-refractivity contribution in [2.45, 2.75) is 19.3 Å². The molecule has 9 heteroatoms. The zero-order chi connectivity index (χ0) is 19.8. The molecule has 27 heavy (non-hydrogen) atoms. The summed E-state index contributed by atoms with van der Waals surface area (Å²) < 4.78 is 27.3. The second-order valence-corrected chi connectivity index (χ2v) is 8.89. The molecule has 0 bridgehead atoms. The summed E-state index contributed by atoms with van der Waals surface area (Å²) in [5.74, 6) is -0.455. The van der Waals surface area contributed by atoms with Crippen LogP contribution in [0.3, 0.4) is 0 Å². The zero-order valence-corrected chi connectivity index (χ0v) is 16.3. The molecular formula is C18H22N4O4S. The van der Waals surface area contributed by atoms with Crippen LogP contribution in [0.5, 0.6) is 0 Å². The van der Waals surface area contributed by atoms with Gasteiger partial charge >= 0.3 is 5.97 Å². The van der Waals surface area contributed by atoms with Gasteiger partial charge in [0.25, 0.3) is 10.2 Å². The van der Waals surface area contributed by atoms with Crippen LogP contribution in [0.15, 0.2) is 30.3 Å². The monoisotopic (exact) mass is 390 g/mol. The van der Waals surface area contributed by atoms with E-state index in [2.05, 4.69) is 9.97 Å². The van der Waals surface area contributed by atoms with Crippen LogP contribution < -0.4 is 0 Å². The standard InChI is InChI=1S/C18H22N4O4S/c1-12-19-16(13-5-4-6-14(9-13)18(23)24)10-17(20-12)15-7-8-22(11-15)27(25,26)21(2)3/h4-6,9-10,15H,7-8,11H2,1-3H3,(H,23,24)/t15-/m1/s1. The molecular weight excluding hydrogens is 368 g/mol. The van der Waals surface area contributed by atoms with Crippen molar-refractivity contribution in [1.29, 1.82) is 0 Å². The Bertz CT molecular complexity index is 975. The largest absolute Gasteiger partial charge is 0.478 e. The van der Waals surface area contributed by atoms with Crippen molar-refractivity contribution in [3.05, 3.63) is 47.4 Å². The Morgan fingerprint density at radius 2 is 2.00 bits per heavy atom. The zero-order valence-electron chi connectivity index (χ0n) is 15.5. The highest BCUT2D eigenvalue weighted by Gasteiger charge is 2.34. The topological polar surface area (TPSA) is 104 Å². The van der Waals surface area contributed by atoms with Crippen LogP contribution in [-0.2, 0) is 10.2 Å². The van der Waals surface area contributed by atoms with Gasteiger partial charge in [0, 0.05) is 44.4 Å². The molecule has 144 valence electrons. The number of hydrogen-bond donors (Lipinski definition) is 1. The number of carboxylic acids is 1. The summed E-state index contributed by atoms with van der Waals surface area (Å²) in [6.45, 7) is 2.58. The third-order valence-corrected chi connectivity index (χ3v) is 6.53. The van der Waals surface area contributed by atoms with Gasteiger partial charge in [0.15, 0.2) is 0 Å². The maximum atomic E-state index is 12.3. The molecule has 8 nitrogen and oxygen atoms in total. The van der Waals surface area contributed by atoms with E-state index in [-0.39, 0.29) is 11.5 Å². The molecule has 0 spiro atoms. The highest BCUT2D eigenvalue weighted by atomic mass is 32.2. The molecule has 3 rings (SSSR count). The first kappa shape index (κ1) is 19.4. The molecule has 0 radical (unpaired) electrons. The summed E-state index contributed by atoms with van der Waals surface area (Å²) in [5, 5.41) is 9.19. The van der Waals surface area contributed by atoms with Gasteiger partial charge in [-0.05, 0) is 31.5 Å². The van der Waals surface area contributed by atoms with Gasteiger partial charge in [-0.3, -0.25) is 0 Å². The van der Waals surface area contributed by atoms with Crippen molar-refractivity contribution >= 4 is 16.2 Å². The molecule has 0 aliphatic carbocycles. The van der Waals surface area contributed by atoms with Crippen LogP contribution >= 0.6 is 0 Å². The number of carboxylic acid groups (broad SMARTS) is 1. The van der Waals surface area contributed by atoms with E-state index in [4.69, 9.17) is 0 Å². The molecule has 1 aromatic carbocycles. The minimum Gasteiger partial charge on any atom is -0.478 e. The van der Waals surface area contributed by atoms with E-state index in [9.17, 15) is 18.3 Å². The summed E-state index contributed by atoms with van der Waals surface area (Å²) in [5.41, 5.74) is 2.29. The Morgan fingerprint density at radius 3 is 2.67 bits per heavy atom. The fraction of sp³-hybridized carbons (Fsp3) is 0.389. The lowest BCUT2D eigenvalue weighted by atomic mass is 10.0. The van der Waals surface area contributed by atoms with Gasteiger partial charge in [0.05, 0.1) is 11.3 Å². The van der Waals surface area contributed by atoms with Crippen molar-refractivity contribution in [2.75, 3.05) is 27.2 Å². The van der Waals surface area contributed by atoms with E-state index in [0.717, 1.165) is 5.69 Å². The Balaban J connectivity index is 1.91. The summed E-state index contributed by atoms with van der Waals surface area (Å²) >= 11 is 0. The molecule has 1 aliphatic rings. The van der Waals surface area contributed by atoms with Gasteiger partial charge < -0.3 is 5.11 Å². The molecule has 1 saturated heterocycles. The van der Waals surface area contributed by atoms with Gasteiger partial charge in [-0.15, -0.1) is 0 Å². The SMILES string of the molecule is Cc1nc(-c2cccc(C(=O)O)c2)cc([C@@H]2CCN(S(=O)(=O)N(C)C)C2)n1. The van der Waals surface area contributed by atoms with E-state index in [1.807, 2.05) is 6.07 Å². The Kier molecular flexibility index (Phi) is 5.27. The average molecular weight is 390 g/mol. The highest BCUT2D eigenvalue weighted by molar-refractivity contribution is 7.86. The van der Waals surface area contributed by atoms with Crippen LogP contribution in [0, 0.1) is 6.92 Å². The molecule has 0 saturated carbocycles. The second-order valence-electron chi connectivity index (χ2n) is 6.75. The maximum absolute atomic E-state index is 12.3. The van der Waals surface area contributed by atoms with E-state index in [1.54, 1.807) is 25.1 Å². The molecule has 1 N–H and O–H groups in total. The van der Waals surface area contributed by atoms with Gasteiger partial charge in [-0.25, -0.2) is 14.8 Å². The molecule has 1 aliphatic heterocycles. The molecule has 0 unspecified atom stereocenters. The third kappa shape index (κ3) is 4.00. The van der Waals surface area contributed by atoms with E-state index in [0.29, 0.717) is 36.6 Å². The summed E-state index contributed by atoms with van der Waals surface area (Å²) in [7, 11) is -0.409. The maximum Gasteiger partial charge on any atom is 0.335 e. The number of benzene rings is 1. The molecule has 2 aromatic rings. The third-order valence-electron chi connectivity index (χ3n) is 4.62. The van der Waals surface area contributed by atoms with Gasteiger partial charge in [-0.1, -0.05) is 12.1 Å². The first-order valence-electron chi connectivity index (χ1n) is 8.55. The van der Waals surface area contributed by atoms with Crippen molar-refractivity contribution in [3.63, 3.8) is 0 Å². The van der Waals surface area contributed by atoms with Crippen LogP contribution in [0.25, 0.3) is 11.3 Å². The van der Waals surface area contributed by atoms with Crippen molar-refractivity contribution in [3.8, 4) is 11.3 Å². The minimum absolute atomic E-state index is 0.0252. The number of rotatable bonds is 5. The second kappa shape index (κ2) is 7.34. The number of aromatic nitrogens is 2. The summed E-state index contributed by atoms with van der Waals surface area (Å²) in [6, 6.07) is 8.41. The van der Waals surface area contributed by atoms with E-state index >= 15 is 0 Å². The van der Waals surface area contributed by atoms with Gasteiger partial charge in [0.2, 0.25) is 0 Å². The van der Waals surface area contributed by atoms with Gasteiger partial charge in [-0.2, -0.15) is 17.0 Å². The molecule has 1 aromatic heterocycles. The van der Waals surface area contributed by atoms with Crippen molar-refractivity contribution < 1.29 is 18.3 Å². The van der Waals surface area contributed by atoms with Crippen LogP contribution in [0.2, 0.25) is 0 Å². The number of nitrogens with zero attached hydrogens (tertiary/aromatic N) is 4. The Hall–Kier alpha value is -2.36. The number of aromatic carboxylic acids is 1. The normalized spacial score (nSPS) is 18.1. The van der Waals surface area contributed by atoms with Crippen LogP contribution in [0.4, 0.5) is 0 Å². The van der Waals surface area contributed by atoms with Crippen molar-refractivity contribution in [2.24, 2.45) is 0 Å². The summed E-state index contributed by atoms with van der Waals surface area (Å²) in [4.78, 5) is 20.1. The lowest BCUT2D eigenvalue weighted by Crippen LogP contribution is -2.38. The van der Waals surface area contributed by atoms with Crippen molar-refractivity contribution in [1.82, 2.24) is 18.6 Å². The summed E-state index contributed by atoms with van der Waals surface area (Å²) in [6.07, 6.45) is 0.679. The number of hydrogen-bond acceptors (Lipinski definition) is 5. The fourth-order valence-electron chi connectivity index (χ4n) is 3.17. The Morgan fingerprint density at radius 1 is 1.26 bits per heavy atom. The molecule has 1 fully saturated rings. The predicted octanol–water partition coefficient (Wildman–Crippen LogP) is 1.75. The van der Waals surface area contributed by atoms with Gasteiger partial charge in [0.1, 0.15) is 5.82 Å². The quantitative estimate of drug-likeness (QED) is 0.834. The fourth-order valence-corrected chi connectivity index (χ4v) is 4.34. The van der Waals surface area contributed by atoms with E-state index in [1.165, 1.54) is 28.8 Å². The molecule has 1 atom stereocenters. The minimum atomic E-state index is -3.45. The van der Waals surface area contributed by atoms with Crippen LogP contribution in [-0.4, -0.2) is 65.3 Å². The number of carbonyl (C=O) groups is 1. The van der Waals surface area contributed by atoms with E-state index < -0.39 is 16.2 Å². The predicted molar refractivity (Wildman–Crippen MR) is 101 cm³/mol. The average Bonchev–Trinajstić information content (AvgIpc) is 3.12. The lowest BCUT2D eigenvalue weighted by molar-refractivity contribution is 0.0697. The highest BCUT2D eigenvalue weighted by Crippen LogP contribution is 2.30. The smallest absolute Gasteiger partial charge is 0.335 e. The first-order valence-corrected chi connectivity index (χ1v) is 9.95.